The predicted octanol–water partition coefficient (Wildman–Crippen LogP) is 4.54. The van der Waals surface area contributed by atoms with Crippen molar-refractivity contribution in [2.45, 2.75) is 11.8 Å². The Morgan fingerprint density at radius 3 is 2.56 bits per heavy atom. The molecule has 0 amide bonds. The number of nitrogens with zero attached hydrogens (tertiary/aromatic N) is 1. The lowest BCUT2D eigenvalue weighted by molar-refractivity contribution is 0.385. The fraction of sp³-hybridized carbons (Fsp3) is 0.105. The first-order chi connectivity index (χ1) is 12.8. The largest absolute Gasteiger partial charge is 0.494 e. The van der Waals surface area contributed by atoms with Crippen molar-refractivity contribution in [2.75, 3.05) is 11.8 Å². The average Bonchev–Trinajstić information content (AvgIpc) is 3.12. The van der Waals surface area contributed by atoms with Crippen LogP contribution in [-0.2, 0) is 10.0 Å². The number of nitrogens with one attached hydrogen (secondary N) is 1. The number of thiophene rings is 1. The summed E-state index contributed by atoms with van der Waals surface area (Å²) in [6.07, 6.45) is 0. The molecule has 0 unspecified atom stereocenters. The quantitative estimate of drug-likeness (QED) is 0.679. The first-order valence-corrected chi connectivity index (χ1v) is 10.2. The number of methoxy groups -OCH3 is 1. The van der Waals surface area contributed by atoms with Gasteiger partial charge in [-0.05, 0) is 59.3 Å². The van der Waals surface area contributed by atoms with Crippen LogP contribution in [0.1, 0.15) is 10.4 Å². The molecule has 0 bridgehead atoms. The van der Waals surface area contributed by atoms with Crippen LogP contribution in [0.2, 0.25) is 0 Å². The third-order valence-corrected chi connectivity index (χ3v) is 6.16. The van der Waals surface area contributed by atoms with Gasteiger partial charge >= 0.3 is 0 Å². The minimum Gasteiger partial charge on any atom is -0.494 e. The smallest absolute Gasteiger partial charge is 0.262 e. The highest BCUT2D eigenvalue weighted by molar-refractivity contribution is 7.92. The van der Waals surface area contributed by atoms with Gasteiger partial charge < -0.3 is 4.74 Å². The topological polar surface area (TPSA) is 79.2 Å². The summed E-state index contributed by atoms with van der Waals surface area (Å²) in [6.45, 7) is 1.77. The molecule has 0 fully saturated rings. The Kier molecular flexibility index (Phi) is 5.17. The Bertz CT molecular complexity index is 1150. The SMILES string of the molecule is COc1ccc(S(=O)(=O)Nc2cc(-c3csc(C#N)c3)ccc2C)cc1F. The number of benzene rings is 2. The van der Waals surface area contributed by atoms with Crippen LogP contribution in [0.15, 0.2) is 52.7 Å². The maximum Gasteiger partial charge on any atom is 0.262 e. The molecule has 27 heavy (non-hydrogen) atoms. The van der Waals surface area contributed by atoms with Gasteiger partial charge in [-0.3, -0.25) is 4.72 Å². The Morgan fingerprint density at radius 1 is 1.15 bits per heavy atom. The van der Waals surface area contributed by atoms with E-state index < -0.39 is 15.8 Å². The highest BCUT2D eigenvalue weighted by Crippen LogP contribution is 2.30. The number of anilines is 1. The second kappa shape index (κ2) is 7.39. The monoisotopic (exact) mass is 402 g/mol. The van der Waals surface area contributed by atoms with Gasteiger partial charge in [0.15, 0.2) is 11.6 Å². The molecule has 3 rings (SSSR count). The van der Waals surface area contributed by atoms with Crippen molar-refractivity contribution < 1.29 is 17.5 Å². The molecule has 0 saturated heterocycles. The summed E-state index contributed by atoms with van der Waals surface area (Å²) in [6, 6.07) is 12.6. The van der Waals surface area contributed by atoms with E-state index in [0.29, 0.717) is 16.1 Å². The van der Waals surface area contributed by atoms with Crippen molar-refractivity contribution in [3.8, 4) is 22.9 Å². The molecule has 0 saturated carbocycles. The van der Waals surface area contributed by atoms with Crippen molar-refractivity contribution >= 4 is 27.0 Å². The molecule has 8 heteroatoms. The summed E-state index contributed by atoms with van der Waals surface area (Å²) in [7, 11) is -2.67. The van der Waals surface area contributed by atoms with Crippen LogP contribution in [0.5, 0.6) is 5.75 Å². The number of hydrogen-bond donors (Lipinski definition) is 1. The van der Waals surface area contributed by atoms with Gasteiger partial charge in [0.2, 0.25) is 0 Å². The lowest BCUT2D eigenvalue weighted by Crippen LogP contribution is -2.14. The van der Waals surface area contributed by atoms with Crippen LogP contribution in [0.4, 0.5) is 10.1 Å². The molecule has 0 radical (unpaired) electrons. The minimum absolute atomic E-state index is 0.0297. The van der Waals surface area contributed by atoms with Crippen LogP contribution in [-0.4, -0.2) is 15.5 Å². The van der Waals surface area contributed by atoms with E-state index in [1.54, 1.807) is 25.1 Å². The molecule has 0 aliphatic carbocycles. The summed E-state index contributed by atoms with van der Waals surface area (Å²) in [5, 5.41) is 10.8. The highest BCUT2D eigenvalue weighted by Gasteiger charge is 2.18. The Morgan fingerprint density at radius 2 is 1.93 bits per heavy atom. The third kappa shape index (κ3) is 3.94. The van der Waals surface area contributed by atoms with Gasteiger partial charge in [0.05, 0.1) is 17.7 Å². The zero-order valence-corrected chi connectivity index (χ0v) is 16.1. The van der Waals surface area contributed by atoms with Gasteiger partial charge in [0, 0.05) is 0 Å². The van der Waals surface area contributed by atoms with Crippen LogP contribution in [0, 0.1) is 24.1 Å². The second-order valence-corrected chi connectivity index (χ2v) is 8.34. The summed E-state index contributed by atoms with van der Waals surface area (Å²) >= 11 is 1.32. The van der Waals surface area contributed by atoms with Crippen LogP contribution in [0.3, 0.4) is 0 Å². The van der Waals surface area contributed by atoms with Gasteiger partial charge in [-0.15, -0.1) is 11.3 Å². The van der Waals surface area contributed by atoms with Crippen LogP contribution >= 0.6 is 11.3 Å². The molecule has 1 aromatic heterocycles. The molecule has 1 heterocycles. The summed E-state index contributed by atoms with van der Waals surface area (Å²) in [5.74, 6) is -0.786. The fourth-order valence-corrected chi connectivity index (χ4v) is 4.31. The van der Waals surface area contributed by atoms with Crippen molar-refractivity contribution in [3.63, 3.8) is 0 Å². The number of aryl methyl sites for hydroxylation is 1. The lowest BCUT2D eigenvalue weighted by Gasteiger charge is -2.13. The zero-order valence-electron chi connectivity index (χ0n) is 14.5. The Labute approximate surface area is 160 Å². The molecule has 138 valence electrons. The van der Waals surface area contributed by atoms with E-state index in [4.69, 9.17) is 10.00 Å². The molecular weight excluding hydrogens is 387 g/mol. The second-order valence-electron chi connectivity index (χ2n) is 5.74. The Hall–Kier alpha value is -2.89. The van der Waals surface area contributed by atoms with E-state index in [0.717, 1.165) is 17.2 Å². The molecule has 3 aromatic rings. The molecule has 0 atom stereocenters. The molecule has 2 aromatic carbocycles. The Balaban J connectivity index is 1.95. The number of ether oxygens (including phenoxy) is 1. The summed E-state index contributed by atoms with van der Waals surface area (Å²) in [4.78, 5) is 0.370. The molecule has 0 spiro atoms. The standard InChI is InChI=1S/C19H15FN2O3S2/c1-12-3-4-13(14-7-15(10-21)26-11-14)8-18(12)22-27(23,24)16-5-6-19(25-2)17(20)9-16/h3-9,11,22H,1-2H3. The number of sulfonamides is 1. The maximum atomic E-state index is 13.9. The number of nitriles is 1. The number of halogens is 1. The van der Waals surface area contributed by atoms with Gasteiger partial charge in [-0.25, -0.2) is 12.8 Å². The van der Waals surface area contributed by atoms with Gasteiger partial charge in [-0.1, -0.05) is 12.1 Å². The molecule has 5 nitrogen and oxygen atoms in total. The van der Waals surface area contributed by atoms with E-state index in [1.165, 1.54) is 30.6 Å². The lowest BCUT2D eigenvalue weighted by atomic mass is 10.1. The van der Waals surface area contributed by atoms with Gasteiger partial charge in [0.25, 0.3) is 10.0 Å². The van der Waals surface area contributed by atoms with Crippen molar-refractivity contribution in [1.82, 2.24) is 0 Å². The molecular formula is C19H15FN2O3S2. The van der Waals surface area contributed by atoms with E-state index in [1.807, 2.05) is 11.4 Å². The van der Waals surface area contributed by atoms with E-state index in [-0.39, 0.29) is 10.6 Å². The number of hydrogen-bond acceptors (Lipinski definition) is 5. The molecule has 0 aliphatic heterocycles. The van der Waals surface area contributed by atoms with Crippen molar-refractivity contribution in [3.05, 3.63) is 64.1 Å². The van der Waals surface area contributed by atoms with E-state index in [9.17, 15) is 12.8 Å². The molecule has 1 N–H and O–H groups in total. The van der Waals surface area contributed by atoms with E-state index >= 15 is 0 Å². The summed E-state index contributed by atoms with van der Waals surface area (Å²) in [5.41, 5.74) is 2.70. The zero-order chi connectivity index (χ0) is 19.6. The normalized spacial score (nSPS) is 11.0. The first-order valence-electron chi connectivity index (χ1n) is 7.80. The molecule has 0 aliphatic rings. The maximum absolute atomic E-state index is 13.9. The van der Waals surface area contributed by atoms with Crippen LogP contribution < -0.4 is 9.46 Å². The number of rotatable bonds is 5. The van der Waals surface area contributed by atoms with Gasteiger partial charge in [-0.2, -0.15) is 5.26 Å². The third-order valence-electron chi connectivity index (χ3n) is 3.96. The van der Waals surface area contributed by atoms with Crippen LogP contribution in [0.25, 0.3) is 11.1 Å². The summed E-state index contributed by atoms with van der Waals surface area (Å²) < 4.78 is 46.5. The van der Waals surface area contributed by atoms with E-state index in [2.05, 4.69) is 10.8 Å². The fourth-order valence-electron chi connectivity index (χ4n) is 2.48. The average molecular weight is 402 g/mol. The minimum atomic E-state index is -3.98. The highest BCUT2D eigenvalue weighted by atomic mass is 32.2. The van der Waals surface area contributed by atoms with Crippen molar-refractivity contribution in [2.24, 2.45) is 0 Å². The van der Waals surface area contributed by atoms with Crippen molar-refractivity contribution in [1.29, 1.82) is 5.26 Å². The predicted molar refractivity (Wildman–Crippen MR) is 103 cm³/mol. The van der Waals surface area contributed by atoms with Gasteiger partial charge in [0.1, 0.15) is 10.9 Å². The first kappa shape index (κ1) is 18.9.